The van der Waals surface area contributed by atoms with Crippen LogP contribution in [-0.2, 0) is 0 Å². The van der Waals surface area contributed by atoms with Crippen LogP contribution in [0.4, 0.5) is 0 Å². The number of aromatic nitrogens is 1. The molecule has 4 heteroatoms. The first kappa shape index (κ1) is 14.3. The second kappa shape index (κ2) is 5.30. The average molecular weight is 295 g/mol. The standard InChI is InChI=1S/C18H17NO3/c1-10-8-13(11(2)12-6-4-3-5-7-12)14-9-15(18(21)22)19-16(14)17(10)20/h3-11,19H,1-2H3,(H,21,22). The highest BCUT2D eigenvalue weighted by Crippen LogP contribution is 2.38. The zero-order chi connectivity index (χ0) is 15.9. The molecule has 1 aromatic carbocycles. The van der Waals surface area contributed by atoms with Crippen LogP contribution >= 0.6 is 0 Å². The second-order valence-corrected chi connectivity index (χ2v) is 5.68. The first-order valence-corrected chi connectivity index (χ1v) is 7.26. The van der Waals surface area contributed by atoms with Crippen LogP contribution < -0.4 is 0 Å². The monoisotopic (exact) mass is 295 g/mol. The Kier molecular flexibility index (Phi) is 3.45. The number of H-pyrrole nitrogens is 1. The largest absolute Gasteiger partial charge is 0.477 e. The van der Waals surface area contributed by atoms with Crippen molar-refractivity contribution in [3.05, 3.63) is 65.0 Å². The number of carbonyl (C=O) groups excluding carboxylic acids is 1. The summed E-state index contributed by atoms with van der Waals surface area (Å²) in [7, 11) is 0. The predicted molar refractivity (Wildman–Crippen MR) is 84.1 cm³/mol. The van der Waals surface area contributed by atoms with E-state index < -0.39 is 5.97 Å². The van der Waals surface area contributed by atoms with Gasteiger partial charge in [0.05, 0.1) is 5.69 Å². The summed E-state index contributed by atoms with van der Waals surface area (Å²) in [5, 5.41) is 9.17. The van der Waals surface area contributed by atoms with Crippen LogP contribution in [0, 0.1) is 5.92 Å². The summed E-state index contributed by atoms with van der Waals surface area (Å²) in [4.78, 5) is 26.2. The van der Waals surface area contributed by atoms with Crippen LogP contribution in [0.1, 0.15) is 51.9 Å². The molecule has 2 atom stereocenters. The van der Waals surface area contributed by atoms with E-state index in [-0.39, 0.29) is 23.3 Å². The Hall–Kier alpha value is -2.62. The number of hydrogen-bond acceptors (Lipinski definition) is 2. The number of ketones is 1. The lowest BCUT2D eigenvalue weighted by molar-refractivity contribution is 0.0691. The van der Waals surface area contributed by atoms with Gasteiger partial charge in [-0.2, -0.15) is 0 Å². The van der Waals surface area contributed by atoms with Crippen molar-refractivity contribution in [1.29, 1.82) is 0 Å². The van der Waals surface area contributed by atoms with Gasteiger partial charge in [-0.15, -0.1) is 0 Å². The summed E-state index contributed by atoms with van der Waals surface area (Å²) >= 11 is 0. The number of aromatic amines is 1. The fourth-order valence-corrected chi connectivity index (χ4v) is 2.95. The van der Waals surface area contributed by atoms with E-state index in [0.29, 0.717) is 11.3 Å². The van der Waals surface area contributed by atoms with E-state index in [2.05, 4.69) is 11.9 Å². The Labute approximate surface area is 128 Å². The van der Waals surface area contributed by atoms with E-state index in [4.69, 9.17) is 5.11 Å². The Morgan fingerprint density at radius 1 is 1.27 bits per heavy atom. The lowest BCUT2D eigenvalue weighted by Crippen LogP contribution is -2.18. The summed E-state index contributed by atoms with van der Waals surface area (Å²) in [6, 6.07) is 11.6. The smallest absolute Gasteiger partial charge is 0.352 e. The molecule has 22 heavy (non-hydrogen) atoms. The molecule has 112 valence electrons. The highest BCUT2D eigenvalue weighted by molar-refractivity contribution is 6.07. The van der Waals surface area contributed by atoms with Gasteiger partial charge in [-0.25, -0.2) is 4.79 Å². The van der Waals surface area contributed by atoms with Crippen molar-refractivity contribution in [3.8, 4) is 0 Å². The normalized spacial score (nSPS) is 18.5. The molecule has 0 saturated carbocycles. The topological polar surface area (TPSA) is 70.2 Å². The first-order valence-electron chi connectivity index (χ1n) is 7.26. The number of nitrogens with one attached hydrogen (secondary N) is 1. The Bertz CT molecular complexity index is 771. The maximum absolute atomic E-state index is 12.3. The molecule has 2 aromatic rings. The van der Waals surface area contributed by atoms with Crippen molar-refractivity contribution in [2.24, 2.45) is 5.92 Å². The van der Waals surface area contributed by atoms with Crippen molar-refractivity contribution in [2.45, 2.75) is 19.8 Å². The van der Waals surface area contributed by atoms with Gasteiger partial charge in [0, 0.05) is 17.4 Å². The average Bonchev–Trinajstić information content (AvgIpc) is 2.97. The number of fused-ring (bicyclic) bond motifs is 1. The van der Waals surface area contributed by atoms with Gasteiger partial charge in [-0.1, -0.05) is 50.3 Å². The van der Waals surface area contributed by atoms with Crippen LogP contribution in [-0.4, -0.2) is 21.8 Å². The van der Waals surface area contributed by atoms with Gasteiger partial charge in [0.15, 0.2) is 5.78 Å². The van der Waals surface area contributed by atoms with Crippen LogP contribution in [0.3, 0.4) is 0 Å². The lowest BCUT2D eigenvalue weighted by atomic mass is 9.80. The zero-order valence-electron chi connectivity index (χ0n) is 12.5. The Balaban J connectivity index is 2.11. The highest BCUT2D eigenvalue weighted by atomic mass is 16.4. The molecule has 0 saturated heterocycles. The van der Waals surface area contributed by atoms with Gasteiger partial charge < -0.3 is 10.1 Å². The molecule has 1 aliphatic rings. The van der Waals surface area contributed by atoms with E-state index in [0.717, 1.165) is 11.1 Å². The van der Waals surface area contributed by atoms with Crippen molar-refractivity contribution < 1.29 is 14.7 Å². The number of aromatic carboxylic acids is 1. The molecule has 0 bridgehead atoms. The molecule has 0 radical (unpaired) electrons. The van der Waals surface area contributed by atoms with Crippen LogP contribution in [0.5, 0.6) is 0 Å². The Morgan fingerprint density at radius 3 is 2.59 bits per heavy atom. The van der Waals surface area contributed by atoms with Gasteiger partial charge in [0.1, 0.15) is 5.69 Å². The quantitative estimate of drug-likeness (QED) is 0.906. The summed E-state index contributed by atoms with van der Waals surface area (Å²) < 4.78 is 0. The van der Waals surface area contributed by atoms with E-state index >= 15 is 0 Å². The fourth-order valence-electron chi connectivity index (χ4n) is 2.95. The Morgan fingerprint density at radius 2 is 1.95 bits per heavy atom. The number of Topliss-reactive ketones (excluding diaryl/α,β-unsaturated/α-hetero) is 1. The summed E-state index contributed by atoms with van der Waals surface area (Å²) in [6.45, 7) is 3.91. The molecule has 0 amide bonds. The molecule has 3 rings (SSSR count). The van der Waals surface area contributed by atoms with Crippen molar-refractivity contribution in [2.75, 3.05) is 0 Å². The molecule has 4 nitrogen and oxygen atoms in total. The third-order valence-corrected chi connectivity index (χ3v) is 4.21. The number of carboxylic acids is 1. The molecule has 0 aliphatic heterocycles. The summed E-state index contributed by atoms with van der Waals surface area (Å²) in [5.41, 5.74) is 3.30. The number of benzene rings is 1. The minimum absolute atomic E-state index is 0.0543. The molecule has 0 spiro atoms. The number of rotatable bonds is 3. The summed E-state index contributed by atoms with van der Waals surface area (Å²) in [5.74, 6) is -1.28. The molecule has 0 fully saturated rings. The number of hydrogen-bond donors (Lipinski definition) is 2. The molecular weight excluding hydrogens is 278 g/mol. The number of carbonyl (C=O) groups is 2. The van der Waals surface area contributed by atoms with E-state index in [9.17, 15) is 9.59 Å². The number of allylic oxidation sites excluding steroid dienone is 2. The fraction of sp³-hybridized carbons (Fsp3) is 0.222. The van der Waals surface area contributed by atoms with E-state index in [1.54, 1.807) is 6.07 Å². The van der Waals surface area contributed by atoms with Gasteiger partial charge in [-0.3, -0.25) is 4.79 Å². The third kappa shape index (κ3) is 2.26. The molecule has 2 unspecified atom stereocenters. The van der Waals surface area contributed by atoms with Gasteiger partial charge >= 0.3 is 5.97 Å². The highest BCUT2D eigenvalue weighted by Gasteiger charge is 2.30. The number of carboxylic acid groups (broad SMARTS) is 1. The van der Waals surface area contributed by atoms with E-state index in [1.165, 1.54) is 0 Å². The molecule has 1 heterocycles. The molecule has 2 N–H and O–H groups in total. The maximum Gasteiger partial charge on any atom is 0.352 e. The minimum Gasteiger partial charge on any atom is -0.477 e. The second-order valence-electron chi connectivity index (χ2n) is 5.68. The third-order valence-electron chi connectivity index (χ3n) is 4.21. The predicted octanol–water partition coefficient (Wildman–Crippen LogP) is 3.73. The van der Waals surface area contributed by atoms with Gasteiger partial charge in [0.25, 0.3) is 0 Å². The lowest BCUT2D eigenvalue weighted by Gasteiger charge is -2.23. The SMILES string of the molecule is CC1C=C(C(C)c2ccccc2)c2cc(C(=O)O)[nH]c2C1=O. The minimum atomic E-state index is -1.05. The van der Waals surface area contributed by atoms with Crippen LogP contribution in [0.2, 0.25) is 0 Å². The van der Waals surface area contributed by atoms with E-state index in [1.807, 2.05) is 43.3 Å². The molecule has 1 aliphatic carbocycles. The molecular formula is C18H17NO3. The van der Waals surface area contributed by atoms with Crippen molar-refractivity contribution >= 4 is 17.3 Å². The molecule has 1 aromatic heterocycles. The van der Waals surface area contributed by atoms with Gasteiger partial charge in [-0.05, 0) is 17.2 Å². The van der Waals surface area contributed by atoms with Crippen molar-refractivity contribution in [1.82, 2.24) is 4.98 Å². The summed E-state index contributed by atoms with van der Waals surface area (Å²) in [6.07, 6.45) is 1.95. The van der Waals surface area contributed by atoms with Crippen LogP contribution in [0.15, 0.2) is 42.5 Å². The first-order chi connectivity index (χ1) is 10.5. The van der Waals surface area contributed by atoms with Crippen LogP contribution in [0.25, 0.3) is 5.57 Å². The van der Waals surface area contributed by atoms with Gasteiger partial charge in [0.2, 0.25) is 0 Å². The van der Waals surface area contributed by atoms with Crippen molar-refractivity contribution in [3.63, 3.8) is 0 Å². The maximum atomic E-state index is 12.3. The zero-order valence-corrected chi connectivity index (χ0v) is 12.5.